The van der Waals surface area contributed by atoms with Crippen molar-refractivity contribution in [1.82, 2.24) is 15.2 Å². The first-order valence-corrected chi connectivity index (χ1v) is 8.80. The molecule has 2 N–H and O–H groups in total. The third-order valence-corrected chi connectivity index (χ3v) is 3.94. The number of aliphatic imine (C=N–C) groups is 1. The summed E-state index contributed by atoms with van der Waals surface area (Å²) in [7, 11) is 5.33. The number of hydrogen-bond acceptors (Lipinski definition) is 4. The molecule has 0 spiro atoms. The molecule has 0 bridgehead atoms. The lowest BCUT2D eigenvalue weighted by Crippen LogP contribution is -2.39. The molecule has 8 heteroatoms. The molecular formula is C20H28IN5O2. The first kappa shape index (κ1) is 23.7. The van der Waals surface area contributed by atoms with E-state index in [0.29, 0.717) is 25.3 Å². The Morgan fingerprint density at radius 1 is 1.21 bits per heavy atom. The summed E-state index contributed by atoms with van der Waals surface area (Å²) in [4.78, 5) is 22.6. The van der Waals surface area contributed by atoms with Crippen molar-refractivity contribution in [2.24, 2.45) is 4.99 Å². The predicted molar refractivity (Wildman–Crippen MR) is 123 cm³/mol. The van der Waals surface area contributed by atoms with Crippen molar-refractivity contribution in [3.05, 3.63) is 53.7 Å². The number of pyridine rings is 1. The average molecular weight is 497 g/mol. The molecule has 28 heavy (non-hydrogen) atoms. The van der Waals surface area contributed by atoms with Gasteiger partial charge in [-0.3, -0.25) is 9.79 Å². The van der Waals surface area contributed by atoms with Crippen LogP contribution in [0.2, 0.25) is 0 Å². The van der Waals surface area contributed by atoms with Crippen molar-refractivity contribution in [3.8, 4) is 5.75 Å². The maximum absolute atomic E-state index is 12.1. The highest BCUT2D eigenvalue weighted by Crippen LogP contribution is 2.12. The summed E-state index contributed by atoms with van der Waals surface area (Å²) in [6.07, 6.45) is 0.324. The predicted octanol–water partition coefficient (Wildman–Crippen LogP) is 3.05. The second-order valence-electron chi connectivity index (χ2n) is 6.14. The molecule has 0 atom stereocenters. The van der Waals surface area contributed by atoms with E-state index in [4.69, 9.17) is 4.74 Å². The third-order valence-electron chi connectivity index (χ3n) is 3.94. The van der Waals surface area contributed by atoms with E-state index in [2.05, 4.69) is 20.6 Å². The third kappa shape index (κ3) is 7.71. The number of guanidine groups is 1. The van der Waals surface area contributed by atoms with Gasteiger partial charge in [0.05, 0.1) is 7.11 Å². The Morgan fingerprint density at radius 3 is 2.54 bits per heavy atom. The van der Waals surface area contributed by atoms with Gasteiger partial charge < -0.3 is 20.3 Å². The summed E-state index contributed by atoms with van der Waals surface area (Å²) < 4.78 is 5.18. The van der Waals surface area contributed by atoms with Crippen LogP contribution in [0.25, 0.3) is 0 Å². The molecule has 0 saturated heterocycles. The van der Waals surface area contributed by atoms with Gasteiger partial charge in [0.25, 0.3) is 0 Å². The number of aromatic nitrogens is 1. The van der Waals surface area contributed by atoms with Gasteiger partial charge in [-0.25, -0.2) is 4.98 Å². The van der Waals surface area contributed by atoms with Gasteiger partial charge in [-0.05, 0) is 36.8 Å². The summed E-state index contributed by atoms with van der Waals surface area (Å²) >= 11 is 0. The van der Waals surface area contributed by atoms with Gasteiger partial charge in [-0.2, -0.15) is 0 Å². The number of carbonyl (C=O) groups is 1. The molecule has 2 rings (SSSR count). The number of hydrogen-bond donors (Lipinski definition) is 2. The van der Waals surface area contributed by atoms with Gasteiger partial charge in [-0.15, -0.1) is 24.0 Å². The molecule has 0 aliphatic carbocycles. The second-order valence-corrected chi connectivity index (χ2v) is 6.14. The summed E-state index contributed by atoms with van der Waals surface area (Å²) in [6.45, 7) is 3.07. The monoisotopic (exact) mass is 497 g/mol. The highest BCUT2D eigenvalue weighted by molar-refractivity contribution is 14.0. The first-order valence-electron chi connectivity index (χ1n) is 8.80. The molecule has 1 heterocycles. The zero-order valence-corrected chi connectivity index (χ0v) is 19.1. The van der Waals surface area contributed by atoms with Crippen LogP contribution in [0.4, 0.5) is 5.82 Å². The summed E-state index contributed by atoms with van der Waals surface area (Å²) in [5.74, 6) is 2.04. The fourth-order valence-electron chi connectivity index (χ4n) is 2.57. The van der Waals surface area contributed by atoms with Crippen LogP contribution in [0.15, 0.2) is 47.5 Å². The number of amides is 1. The quantitative estimate of drug-likeness (QED) is 0.350. The highest BCUT2D eigenvalue weighted by Gasteiger charge is 2.08. The Balaban J connectivity index is 0.00000392. The number of halogens is 1. The number of benzene rings is 1. The highest BCUT2D eigenvalue weighted by atomic mass is 127. The topological polar surface area (TPSA) is 78.8 Å². The molecule has 1 aromatic carbocycles. The van der Waals surface area contributed by atoms with Crippen LogP contribution >= 0.6 is 24.0 Å². The largest absolute Gasteiger partial charge is 0.497 e. The van der Waals surface area contributed by atoms with Crippen molar-refractivity contribution in [2.45, 2.75) is 19.9 Å². The number of nitrogens with zero attached hydrogens (tertiary/aromatic N) is 3. The SMILES string of the molecule is CN=C(NCCC(=O)Nc1cccc(C)n1)N(C)Cc1ccc(OC)cc1.I. The Labute approximate surface area is 183 Å². The Morgan fingerprint density at radius 2 is 1.93 bits per heavy atom. The number of methoxy groups -OCH3 is 1. The lowest BCUT2D eigenvalue weighted by Gasteiger charge is -2.22. The van der Waals surface area contributed by atoms with Crippen molar-refractivity contribution >= 4 is 41.7 Å². The van der Waals surface area contributed by atoms with E-state index < -0.39 is 0 Å². The molecule has 152 valence electrons. The van der Waals surface area contributed by atoms with Crippen LogP contribution in [-0.4, -0.2) is 49.5 Å². The number of nitrogens with one attached hydrogen (secondary N) is 2. The van der Waals surface area contributed by atoms with E-state index in [1.54, 1.807) is 20.2 Å². The van der Waals surface area contributed by atoms with Gasteiger partial charge >= 0.3 is 0 Å². The number of carbonyl (C=O) groups excluding carboxylic acids is 1. The molecule has 2 aromatic rings. The molecule has 1 amide bonds. The minimum Gasteiger partial charge on any atom is -0.497 e. The minimum atomic E-state index is -0.0890. The molecule has 0 unspecified atom stereocenters. The van der Waals surface area contributed by atoms with E-state index in [1.165, 1.54) is 0 Å². The Kier molecular flexibility index (Phi) is 10.3. The van der Waals surface area contributed by atoms with Crippen LogP contribution in [-0.2, 0) is 11.3 Å². The zero-order chi connectivity index (χ0) is 19.6. The Hall–Kier alpha value is -2.36. The standard InChI is InChI=1S/C20H27N5O2.HI/c1-15-6-5-7-18(23-15)24-19(26)12-13-22-20(21-2)25(3)14-16-8-10-17(27-4)11-9-16;/h5-11H,12-14H2,1-4H3,(H,21,22)(H,23,24,26);1H. The summed E-state index contributed by atoms with van der Waals surface area (Å²) in [6, 6.07) is 13.4. The number of rotatable bonds is 7. The molecule has 0 saturated carbocycles. The van der Waals surface area contributed by atoms with Gasteiger partial charge in [0.1, 0.15) is 11.6 Å². The number of anilines is 1. The van der Waals surface area contributed by atoms with E-state index in [0.717, 1.165) is 23.0 Å². The van der Waals surface area contributed by atoms with Crippen LogP contribution in [0, 0.1) is 6.92 Å². The maximum Gasteiger partial charge on any atom is 0.227 e. The van der Waals surface area contributed by atoms with Crippen LogP contribution in [0.5, 0.6) is 5.75 Å². The lowest BCUT2D eigenvalue weighted by atomic mass is 10.2. The fourth-order valence-corrected chi connectivity index (χ4v) is 2.57. The van der Waals surface area contributed by atoms with Crippen LogP contribution < -0.4 is 15.4 Å². The van der Waals surface area contributed by atoms with E-state index in [-0.39, 0.29) is 29.9 Å². The molecule has 0 fully saturated rings. The van der Waals surface area contributed by atoms with E-state index in [1.807, 2.05) is 55.3 Å². The van der Waals surface area contributed by atoms with Gasteiger partial charge in [0.15, 0.2) is 5.96 Å². The van der Waals surface area contributed by atoms with E-state index in [9.17, 15) is 4.79 Å². The smallest absolute Gasteiger partial charge is 0.227 e. The lowest BCUT2D eigenvalue weighted by molar-refractivity contribution is -0.116. The van der Waals surface area contributed by atoms with Crippen molar-refractivity contribution in [1.29, 1.82) is 0 Å². The summed E-state index contributed by atoms with van der Waals surface area (Å²) in [5, 5.41) is 6.01. The normalized spacial score (nSPS) is 10.6. The van der Waals surface area contributed by atoms with Crippen molar-refractivity contribution in [2.75, 3.05) is 33.1 Å². The van der Waals surface area contributed by atoms with Crippen LogP contribution in [0.1, 0.15) is 17.7 Å². The van der Waals surface area contributed by atoms with Gasteiger partial charge in [0.2, 0.25) is 5.91 Å². The number of ether oxygens (including phenoxy) is 1. The number of aryl methyl sites for hydroxylation is 1. The second kappa shape index (κ2) is 12.2. The molecule has 0 radical (unpaired) electrons. The maximum atomic E-state index is 12.1. The van der Waals surface area contributed by atoms with Gasteiger partial charge in [-0.1, -0.05) is 18.2 Å². The molecule has 7 nitrogen and oxygen atoms in total. The summed E-state index contributed by atoms with van der Waals surface area (Å²) in [5.41, 5.74) is 2.01. The average Bonchev–Trinajstić information content (AvgIpc) is 2.65. The Bertz CT molecular complexity index is 780. The molecule has 0 aliphatic rings. The first-order chi connectivity index (χ1) is 13.0. The fraction of sp³-hybridized carbons (Fsp3) is 0.350. The molecule has 0 aliphatic heterocycles. The van der Waals surface area contributed by atoms with Crippen molar-refractivity contribution < 1.29 is 9.53 Å². The zero-order valence-electron chi connectivity index (χ0n) is 16.7. The van der Waals surface area contributed by atoms with E-state index >= 15 is 0 Å². The van der Waals surface area contributed by atoms with Gasteiger partial charge in [0, 0.05) is 39.3 Å². The van der Waals surface area contributed by atoms with Crippen molar-refractivity contribution in [3.63, 3.8) is 0 Å². The molecule has 1 aromatic heterocycles. The minimum absolute atomic E-state index is 0. The van der Waals surface area contributed by atoms with Crippen LogP contribution in [0.3, 0.4) is 0 Å². The molecular weight excluding hydrogens is 469 g/mol.